The summed E-state index contributed by atoms with van der Waals surface area (Å²) in [6.45, 7) is -0.464. The summed E-state index contributed by atoms with van der Waals surface area (Å²) in [4.78, 5) is 11.9. The van der Waals surface area contributed by atoms with Crippen LogP contribution in [0.4, 0.5) is 18.0 Å². The topological polar surface area (TPSA) is 100 Å². The molecule has 0 spiro atoms. The Labute approximate surface area is 152 Å². The third kappa shape index (κ3) is 4.51. The van der Waals surface area contributed by atoms with Crippen LogP contribution in [0.2, 0.25) is 0 Å². The molecule has 2 saturated heterocycles. The Kier molecular flexibility index (Phi) is 5.60. The largest absolute Gasteiger partial charge is 0.523 e. The normalized spacial score (nSPS) is 28.0. The highest BCUT2D eigenvalue weighted by Gasteiger charge is 2.55. The van der Waals surface area contributed by atoms with Gasteiger partial charge in [-0.05, 0) is 5.56 Å². The molecular formula is C15H16F3NO7S. The fraction of sp³-hybridized carbons (Fsp3) is 0.533. The molecule has 8 nitrogen and oxygen atoms in total. The quantitative estimate of drug-likeness (QED) is 0.576. The molecule has 0 aliphatic carbocycles. The molecule has 1 N–H and O–H groups in total. The van der Waals surface area contributed by atoms with E-state index in [-0.39, 0.29) is 13.2 Å². The van der Waals surface area contributed by atoms with Crippen LogP contribution >= 0.6 is 0 Å². The van der Waals surface area contributed by atoms with E-state index in [1.54, 1.807) is 24.3 Å². The van der Waals surface area contributed by atoms with Gasteiger partial charge in [0.05, 0.1) is 19.3 Å². The predicted octanol–water partition coefficient (Wildman–Crippen LogP) is 1.31. The molecule has 150 valence electrons. The Bertz CT molecular complexity index is 771. The van der Waals surface area contributed by atoms with Gasteiger partial charge < -0.3 is 19.5 Å². The molecule has 2 fully saturated rings. The molecule has 0 unspecified atom stereocenters. The number of nitrogens with one attached hydrogen (secondary N) is 1. The summed E-state index contributed by atoms with van der Waals surface area (Å²) in [5.74, 6) is 0. The molecular weight excluding hydrogens is 395 g/mol. The zero-order chi connectivity index (χ0) is 19.7. The van der Waals surface area contributed by atoms with Crippen molar-refractivity contribution in [2.75, 3.05) is 13.2 Å². The van der Waals surface area contributed by atoms with Gasteiger partial charge >= 0.3 is 21.7 Å². The van der Waals surface area contributed by atoms with Crippen LogP contribution in [0.3, 0.4) is 0 Å². The van der Waals surface area contributed by atoms with Gasteiger partial charge in [-0.3, -0.25) is 4.18 Å². The van der Waals surface area contributed by atoms with Crippen LogP contribution in [-0.4, -0.2) is 57.6 Å². The molecule has 4 atom stereocenters. The summed E-state index contributed by atoms with van der Waals surface area (Å²) < 4.78 is 79.4. The van der Waals surface area contributed by atoms with E-state index in [4.69, 9.17) is 14.2 Å². The van der Waals surface area contributed by atoms with Crippen LogP contribution in [-0.2, 0) is 35.1 Å². The van der Waals surface area contributed by atoms with Crippen LogP contribution in [0.1, 0.15) is 5.56 Å². The molecule has 3 rings (SSSR count). The number of hydrogen-bond donors (Lipinski definition) is 1. The highest BCUT2D eigenvalue weighted by Crippen LogP contribution is 2.33. The number of halogens is 3. The number of rotatable bonds is 5. The number of carbonyl (C=O) groups is 1. The molecule has 2 aliphatic rings. The Morgan fingerprint density at radius 3 is 2.48 bits per heavy atom. The maximum atomic E-state index is 12.4. The molecule has 12 heteroatoms. The molecule has 0 saturated carbocycles. The van der Waals surface area contributed by atoms with E-state index >= 15 is 0 Å². The van der Waals surface area contributed by atoms with Crippen molar-refractivity contribution in [2.24, 2.45) is 0 Å². The molecule has 1 aromatic rings. The highest BCUT2D eigenvalue weighted by molar-refractivity contribution is 7.87. The summed E-state index contributed by atoms with van der Waals surface area (Å²) >= 11 is 0. The second-order valence-electron chi connectivity index (χ2n) is 5.94. The average molecular weight is 411 g/mol. The van der Waals surface area contributed by atoms with Crippen molar-refractivity contribution in [3.8, 4) is 0 Å². The van der Waals surface area contributed by atoms with Gasteiger partial charge in [-0.2, -0.15) is 21.6 Å². The van der Waals surface area contributed by atoms with E-state index in [1.807, 2.05) is 6.07 Å². The van der Waals surface area contributed by atoms with Crippen molar-refractivity contribution in [3.05, 3.63) is 35.9 Å². The lowest BCUT2D eigenvalue weighted by Crippen LogP contribution is -2.44. The smallest absolute Gasteiger partial charge is 0.445 e. The number of benzene rings is 1. The molecule has 0 radical (unpaired) electrons. The zero-order valence-corrected chi connectivity index (χ0v) is 14.5. The second-order valence-corrected chi connectivity index (χ2v) is 7.51. The van der Waals surface area contributed by atoms with Crippen LogP contribution in [0, 0.1) is 0 Å². The lowest BCUT2D eigenvalue weighted by molar-refractivity contribution is -0.0624. The van der Waals surface area contributed by atoms with E-state index in [1.165, 1.54) is 0 Å². The summed E-state index contributed by atoms with van der Waals surface area (Å²) in [6.07, 6.45) is -4.11. The zero-order valence-electron chi connectivity index (χ0n) is 13.7. The summed E-state index contributed by atoms with van der Waals surface area (Å²) in [5.41, 5.74) is -4.76. The maximum Gasteiger partial charge on any atom is 0.523 e. The second kappa shape index (κ2) is 7.62. The number of amides is 1. The number of alkyl halides is 3. The number of hydrogen-bond acceptors (Lipinski definition) is 7. The van der Waals surface area contributed by atoms with Crippen molar-refractivity contribution in [3.63, 3.8) is 0 Å². The fourth-order valence-electron chi connectivity index (χ4n) is 2.80. The number of alkyl carbamates (subject to hydrolysis) is 1. The SMILES string of the molecule is O=C(N[C@H]1CO[C@H]2[C@@H]1OC[C@H]2OS(=O)(=O)C(F)(F)F)OCc1ccccc1. The van der Waals surface area contributed by atoms with Gasteiger partial charge in [0.25, 0.3) is 0 Å². The molecule has 1 aromatic carbocycles. The minimum atomic E-state index is -5.77. The summed E-state index contributed by atoms with van der Waals surface area (Å²) in [7, 11) is -5.77. The van der Waals surface area contributed by atoms with Crippen LogP contribution in [0.25, 0.3) is 0 Å². The molecule has 1 amide bonds. The van der Waals surface area contributed by atoms with E-state index in [9.17, 15) is 26.4 Å². The minimum Gasteiger partial charge on any atom is -0.445 e. The van der Waals surface area contributed by atoms with Crippen LogP contribution in [0.15, 0.2) is 30.3 Å². The summed E-state index contributed by atoms with van der Waals surface area (Å²) in [5, 5.41) is 2.50. The van der Waals surface area contributed by atoms with E-state index in [2.05, 4.69) is 9.50 Å². The van der Waals surface area contributed by atoms with E-state index in [0.717, 1.165) is 5.56 Å². The van der Waals surface area contributed by atoms with Gasteiger partial charge in [0, 0.05) is 0 Å². The van der Waals surface area contributed by atoms with Gasteiger partial charge in [0.1, 0.15) is 24.9 Å². The third-order valence-electron chi connectivity index (χ3n) is 4.06. The first-order valence-electron chi connectivity index (χ1n) is 7.87. The lowest BCUT2D eigenvalue weighted by atomic mass is 10.1. The standard InChI is InChI=1S/C15H16F3NO7S/c16-15(17,18)27(21,22)26-11-8-24-12-10(7-23-13(11)12)19-14(20)25-6-9-4-2-1-3-5-9/h1-5,10-13H,6-8H2,(H,19,20)/t10-,11+,12+,13+/m0/s1. The van der Waals surface area contributed by atoms with Crippen LogP contribution in [0.5, 0.6) is 0 Å². The first kappa shape index (κ1) is 19.9. The summed E-state index contributed by atoms with van der Waals surface area (Å²) in [6, 6.07) is 8.21. The Balaban J connectivity index is 1.52. The monoisotopic (exact) mass is 411 g/mol. The number of ether oxygens (including phenoxy) is 3. The van der Waals surface area contributed by atoms with E-state index < -0.39 is 52.7 Å². The van der Waals surface area contributed by atoms with Crippen molar-refractivity contribution in [1.29, 1.82) is 0 Å². The van der Waals surface area contributed by atoms with Gasteiger partial charge in [-0.25, -0.2) is 4.79 Å². The molecule has 27 heavy (non-hydrogen) atoms. The number of fused-ring (bicyclic) bond motifs is 1. The van der Waals surface area contributed by atoms with Crippen molar-refractivity contribution < 1.29 is 44.8 Å². The fourth-order valence-corrected chi connectivity index (χ4v) is 3.40. The van der Waals surface area contributed by atoms with E-state index in [0.29, 0.717) is 0 Å². The Hall–Kier alpha value is -1.89. The number of carbonyl (C=O) groups excluding carboxylic acids is 1. The third-order valence-corrected chi connectivity index (χ3v) is 5.13. The van der Waals surface area contributed by atoms with Crippen LogP contribution < -0.4 is 5.32 Å². The maximum absolute atomic E-state index is 12.4. The minimum absolute atomic E-state index is 0.0325. The van der Waals surface area contributed by atoms with Gasteiger partial charge in [-0.15, -0.1) is 0 Å². The molecule has 2 heterocycles. The highest BCUT2D eigenvalue weighted by atomic mass is 32.2. The Morgan fingerprint density at radius 2 is 1.81 bits per heavy atom. The first-order valence-corrected chi connectivity index (χ1v) is 9.28. The average Bonchev–Trinajstić information content (AvgIpc) is 3.17. The predicted molar refractivity (Wildman–Crippen MR) is 82.9 cm³/mol. The lowest BCUT2D eigenvalue weighted by Gasteiger charge is -2.18. The van der Waals surface area contributed by atoms with Crippen molar-refractivity contribution in [2.45, 2.75) is 36.5 Å². The molecule has 0 bridgehead atoms. The molecule has 2 aliphatic heterocycles. The molecule has 0 aromatic heterocycles. The van der Waals surface area contributed by atoms with Gasteiger partial charge in [-0.1, -0.05) is 30.3 Å². The van der Waals surface area contributed by atoms with Crippen molar-refractivity contribution in [1.82, 2.24) is 5.32 Å². The van der Waals surface area contributed by atoms with Gasteiger partial charge in [0.15, 0.2) is 0 Å². The van der Waals surface area contributed by atoms with Crippen molar-refractivity contribution >= 4 is 16.2 Å². The first-order chi connectivity index (χ1) is 12.7. The van der Waals surface area contributed by atoms with Gasteiger partial charge in [0.2, 0.25) is 0 Å². The Morgan fingerprint density at radius 1 is 1.15 bits per heavy atom.